The zero-order chi connectivity index (χ0) is 54.7. The van der Waals surface area contributed by atoms with Gasteiger partial charge in [0.15, 0.2) is 0 Å². The minimum atomic E-state index is 0. The van der Waals surface area contributed by atoms with Crippen LogP contribution in [0.5, 0.6) is 0 Å². The molecule has 402 valence electrons. The van der Waals surface area contributed by atoms with Crippen molar-refractivity contribution in [2.75, 3.05) is 0 Å². The van der Waals surface area contributed by atoms with Gasteiger partial charge in [-0.25, -0.2) is 0 Å². The second-order valence-corrected chi connectivity index (χ2v) is 22.1. The van der Waals surface area contributed by atoms with E-state index >= 15 is 0 Å². The first kappa shape index (κ1) is 53.9. The van der Waals surface area contributed by atoms with E-state index in [1.807, 2.05) is 110 Å². The van der Waals surface area contributed by atoms with E-state index in [-0.39, 0.29) is 37.9 Å². The number of rotatable bonds is 6. The number of aromatic nitrogens is 3. The van der Waals surface area contributed by atoms with Crippen LogP contribution in [0.1, 0.15) is 111 Å². The molecule has 0 amide bonds. The molecular weight excluding hydrogens is 1190 g/mol. The summed E-state index contributed by atoms with van der Waals surface area (Å²) in [4.78, 5) is 13.8. The van der Waals surface area contributed by atoms with Gasteiger partial charge < -0.3 is 28.2 Å². The normalized spacial score (nSPS) is 19.7. The van der Waals surface area contributed by atoms with E-state index < -0.39 is 0 Å². The third-order valence-electron chi connectivity index (χ3n) is 17.1. The van der Waals surface area contributed by atoms with Crippen LogP contribution in [0.15, 0.2) is 177 Å². The van der Waals surface area contributed by atoms with Crippen LogP contribution in [0.4, 0.5) is 0 Å². The fourth-order valence-corrected chi connectivity index (χ4v) is 13.0. The van der Waals surface area contributed by atoms with Crippen molar-refractivity contribution in [1.29, 1.82) is 15.8 Å². The number of para-hydroxylation sites is 3. The molecule has 6 heterocycles. The third kappa shape index (κ3) is 10.8. The first-order chi connectivity index (χ1) is 40.0. The van der Waals surface area contributed by atoms with Crippen LogP contribution in [0, 0.1) is 69.9 Å². The molecule has 9 nitrogen and oxygen atoms in total. The van der Waals surface area contributed by atoms with Crippen LogP contribution < -0.4 is 0 Å². The Morgan fingerprint density at radius 2 is 0.683 bits per heavy atom. The number of furan rings is 3. The summed E-state index contributed by atoms with van der Waals surface area (Å²) in [7, 11) is 0. The maximum absolute atomic E-state index is 9.30. The van der Waals surface area contributed by atoms with Gasteiger partial charge in [-0.15, -0.1) is 54.6 Å². The molecule has 3 saturated carbocycles. The van der Waals surface area contributed by atoms with Crippen molar-refractivity contribution < 1.29 is 33.4 Å². The fourth-order valence-electron chi connectivity index (χ4n) is 13.0. The van der Waals surface area contributed by atoms with Crippen LogP contribution >= 0.6 is 0 Å². The molecule has 6 aromatic carbocycles. The molecule has 0 N–H and O–H groups in total. The molecule has 0 bridgehead atoms. The average molecular weight is 1250 g/mol. The van der Waals surface area contributed by atoms with E-state index in [4.69, 9.17) is 13.3 Å². The second kappa shape index (κ2) is 24.2. The van der Waals surface area contributed by atoms with Gasteiger partial charge in [0, 0.05) is 52.5 Å². The zero-order valence-electron chi connectivity index (χ0n) is 45.3. The van der Waals surface area contributed by atoms with Crippen molar-refractivity contribution in [2.24, 2.45) is 17.8 Å². The first-order valence-electron chi connectivity index (χ1n) is 28.5. The molecule has 0 saturated heterocycles. The molecule has 0 aliphatic heterocycles. The molecule has 10 heteroatoms. The maximum Gasteiger partial charge on any atom is 3.00 e. The average Bonchev–Trinajstić information content (AvgIpc) is 4.41. The van der Waals surface area contributed by atoms with E-state index in [0.29, 0.717) is 17.8 Å². The second-order valence-electron chi connectivity index (χ2n) is 22.1. The van der Waals surface area contributed by atoms with Crippen molar-refractivity contribution in [3.63, 3.8) is 0 Å². The van der Waals surface area contributed by atoms with Crippen LogP contribution in [0.25, 0.3) is 99.6 Å². The SMILES string of the molecule is N#CC1CCCC(c2ccnc(-c3[c-]ccc4c3oc3ccccc34)c2)C1.N#CC1CCCC(c2ccnc(-c3[c-]ccc4c3oc3ccccc34)c2)C1.N#CC1CCCC(c2ccnc(-c3[c-]ccc4c3oc3ccccc34)c2)C1.[Ir+3]. The number of fused-ring (bicyclic) bond motifs is 9. The Hall–Kier alpha value is -8.71. The molecule has 12 aromatic rings. The Balaban J connectivity index is 0.000000121. The van der Waals surface area contributed by atoms with Gasteiger partial charge in [0.05, 0.1) is 35.0 Å². The van der Waals surface area contributed by atoms with E-state index in [1.165, 1.54) is 16.7 Å². The molecule has 82 heavy (non-hydrogen) atoms. The Labute approximate surface area is 490 Å². The Morgan fingerprint density at radius 3 is 0.988 bits per heavy atom. The van der Waals surface area contributed by atoms with E-state index in [0.717, 1.165) is 177 Å². The summed E-state index contributed by atoms with van der Waals surface area (Å²) in [5, 5.41) is 34.5. The van der Waals surface area contributed by atoms with E-state index in [9.17, 15) is 15.8 Å². The molecule has 6 atom stereocenters. The summed E-state index contributed by atoms with van der Waals surface area (Å²) in [5.41, 5.74) is 14.3. The molecule has 0 spiro atoms. The van der Waals surface area contributed by atoms with Gasteiger partial charge in [0.25, 0.3) is 0 Å². The van der Waals surface area contributed by atoms with Gasteiger partial charge in [-0.2, -0.15) is 15.8 Å². The maximum atomic E-state index is 9.30. The molecule has 15 rings (SSSR count). The summed E-state index contributed by atoms with van der Waals surface area (Å²) >= 11 is 0. The molecule has 6 aromatic heterocycles. The fraction of sp³-hybridized carbons (Fsp3) is 0.250. The zero-order valence-corrected chi connectivity index (χ0v) is 47.7. The summed E-state index contributed by atoms with van der Waals surface area (Å²) in [6.07, 6.45) is 18.3. The number of nitrogens with zero attached hydrogens (tertiary/aromatic N) is 6. The summed E-state index contributed by atoms with van der Waals surface area (Å²) in [6, 6.07) is 66.3. The summed E-state index contributed by atoms with van der Waals surface area (Å²) in [6.45, 7) is 0. The molecule has 3 fully saturated rings. The minimum Gasteiger partial charge on any atom is -0.501 e. The van der Waals surface area contributed by atoms with Gasteiger partial charge in [-0.3, -0.25) is 0 Å². The number of nitriles is 3. The van der Waals surface area contributed by atoms with Crippen LogP contribution in [0.2, 0.25) is 0 Å². The van der Waals surface area contributed by atoms with E-state index in [1.54, 1.807) is 0 Å². The number of hydrogen-bond acceptors (Lipinski definition) is 9. The van der Waals surface area contributed by atoms with Gasteiger partial charge in [0.1, 0.15) is 16.7 Å². The predicted molar refractivity (Wildman–Crippen MR) is 318 cm³/mol. The first-order valence-corrected chi connectivity index (χ1v) is 28.5. The van der Waals surface area contributed by atoms with Crippen molar-refractivity contribution in [3.05, 3.63) is 199 Å². The van der Waals surface area contributed by atoms with Gasteiger partial charge >= 0.3 is 20.1 Å². The van der Waals surface area contributed by atoms with Crippen LogP contribution in [0.3, 0.4) is 0 Å². The number of pyridine rings is 3. The Bertz CT molecular complexity index is 3960. The third-order valence-corrected chi connectivity index (χ3v) is 17.1. The largest absolute Gasteiger partial charge is 3.00 e. The quantitative estimate of drug-likeness (QED) is 0.148. The molecule has 6 unspecified atom stereocenters. The van der Waals surface area contributed by atoms with Crippen molar-refractivity contribution in [3.8, 4) is 52.0 Å². The van der Waals surface area contributed by atoms with Crippen molar-refractivity contribution in [1.82, 2.24) is 15.0 Å². The molecule has 0 radical (unpaired) electrons. The molecule has 3 aliphatic rings. The predicted octanol–water partition coefficient (Wildman–Crippen LogP) is 18.7. The van der Waals surface area contributed by atoms with Crippen molar-refractivity contribution >= 4 is 65.8 Å². The monoisotopic (exact) mass is 1250 g/mol. The Kier molecular flexibility index (Phi) is 15.9. The molecule has 3 aliphatic carbocycles. The standard InChI is InChI=1S/3C24H19N2O.Ir/c3*25-15-16-5-3-6-17(13-16)18-11-12-26-22(14-18)21-9-4-8-20-19-7-1-2-10-23(19)27-24(20)21;/h3*1-2,4,7-8,10-12,14,16-17H,3,5-6,13H2;/q3*-1;+3. The van der Waals surface area contributed by atoms with Gasteiger partial charge in [-0.1, -0.05) is 142 Å². The van der Waals surface area contributed by atoms with Gasteiger partial charge in [-0.05, 0) is 129 Å². The summed E-state index contributed by atoms with van der Waals surface area (Å²) < 4.78 is 18.4. The molecular formula is C72H57IrN6O3. The Morgan fingerprint density at radius 1 is 0.378 bits per heavy atom. The topological polar surface area (TPSA) is 149 Å². The minimum absolute atomic E-state index is 0. The summed E-state index contributed by atoms with van der Waals surface area (Å²) in [5.74, 6) is 1.81. The van der Waals surface area contributed by atoms with E-state index in [2.05, 4.69) is 106 Å². The van der Waals surface area contributed by atoms with Crippen LogP contribution in [-0.2, 0) is 20.1 Å². The number of hydrogen-bond donors (Lipinski definition) is 0. The van der Waals surface area contributed by atoms with Crippen molar-refractivity contribution in [2.45, 2.75) is 94.8 Å². The smallest absolute Gasteiger partial charge is 0.501 e. The number of benzene rings is 6. The van der Waals surface area contributed by atoms with Gasteiger partial charge in [0.2, 0.25) is 0 Å². The van der Waals surface area contributed by atoms with Crippen LogP contribution in [-0.4, -0.2) is 15.0 Å².